The molecule has 1 fully saturated rings. The molecule has 1 heterocycles. The summed E-state index contributed by atoms with van der Waals surface area (Å²) < 4.78 is 29.8. The number of hydrogen-bond acceptors (Lipinski definition) is 6. The number of para-hydroxylation sites is 2. The normalized spacial score (nSPS) is 14.2. The largest absolute Gasteiger partial charge is 0.478 e. The standard InChI is InChI=1S/C26H28N4O5S2/c31-25(27-20-7-3-1-4-8-20)13-18-36-22-11-12-24(23(19-22)26(32)33)28-37(34,35)30-16-14-29(15-17-30)21-9-5-2-6-10-21/h1-12,19,28H,13-18H2,(H,27,31)(H,32,33). The van der Waals surface area contributed by atoms with E-state index in [1.54, 1.807) is 18.2 Å². The number of piperazine rings is 1. The van der Waals surface area contributed by atoms with Gasteiger partial charge in [-0.1, -0.05) is 36.4 Å². The van der Waals surface area contributed by atoms with E-state index in [4.69, 9.17) is 0 Å². The van der Waals surface area contributed by atoms with E-state index in [0.717, 1.165) is 5.69 Å². The molecule has 9 nitrogen and oxygen atoms in total. The second kappa shape index (κ2) is 12.1. The zero-order chi connectivity index (χ0) is 26.3. The third-order valence-electron chi connectivity index (χ3n) is 5.82. The lowest BCUT2D eigenvalue weighted by Crippen LogP contribution is -2.50. The Hall–Kier alpha value is -3.54. The van der Waals surface area contributed by atoms with Crippen LogP contribution in [0, 0.1) is 0 Å². The summed E-state index contributed by atoms with van der Waals surface area (Å²) in [7, 11) is -3.94. The molecule has 0 bridgehead atoms. The van der Waals surface area contributed by atoms with Crippen LogP contribution in [0.4, 0.5) is 17.1 Å². The van der Waals surface area contributed by atoms with E-state index < -0.39 is 16.2 Å². The Bertz CT molecular complexity index is 1330. The zero-order valence-corrected chi connectivity index (χ0v) is 21.7. The van der Waals surface area contributed by atoms with Crippen molar-refractivity contribution in [3.63, 3.8) is 0 Å². The van der Waals surface area contributed by atoms with Gasteiger partial charge in [-0.25, -0.2) is 4.79 Å². The van der Waals surface area contributed by atoms with Crippen LogP contribution in [0.25, 0.3) is 0 Å². The van der Waals surface area contributed by atoms with Gasteiger partial charge in [0, 0.05) is 54.6 Å². The molecule has 0 aromatic heterocycles. The predicted octanol–water partition coefficient (Wildman–Crippen LogP) is 3.98. The second-order valence-electron chi connectivity index (χ2n) is 8.35. The Balaban J connectivity index is 1.34. The van der Waals surface area contributed by atoms with E-state index in [1.165, 1.54) is 28.2 Å². The molecule has 0 atom stereocenters. The van der Waals surface area contributed by atoms with Gasteiger partial charge in [0.1, 0.15) is 0 Å². The van der Waals surface area contributed by atoms with Gasteiger partial charge in [-0.2, -0.15) is 12.7 Å². The quantitative estimate of drug-likeness (QED) is 0.333. The number of amides is 1. The van der Waals surface area contributed by atoms with Crippen LogP contribution in [0.5, 0.6) is 0 Å². The summed E-state index contributed by atoms with van der Waals surface area (Å²) >= 11 is 1.33. The maximum Gasteiger partial charge on any atom is 0.337 e. The van der Waals surface area contributed by atoms with Crippen molar-refractivity contribution in [1.29, 1.82) is 0 Å². The van der Waals surface area contributed by atoms with Crippen molar-refractivity contribution < 1.29 is 23.1 Å². The first-order valence-corrected chi connectivity index (χ1v) is 14.2. The van der Waals surface area contributed by atoms with Gasteiger partial charge in [-0.3, -0.25) is 9.52 Å². The fraction of sp³-hybridized carbons (Fsp3) is 0.231. The third-order valence-corrected chi connectivity index (χ3v) is 8.33. The fourth-order valence-electron chi connectivity index (χ4n) is 3.91. The highest BCUT2D eigenvalue weighted by Gasteiger charge is 2.28. The number of thioether (sulfide) groups is 1. The molecule has 0 aliphatic carbocycles. The number of carboxylic acids is 1. The van der Waals surface area contributed by atoms with Crippen LogP contribution in [0.1, 0.15) is 16.8 Å². The first-order chi connectivity index (χ1) is 17.8. The van der Waals surface area contributed by atoms with Crippen LogP contribution in [0.15, 0.2) is 83.8 Å². The monoisotopic (exact) mass is 540 g/mol. The number of carboxylic acid groups (broad SMARTS) is 1. The van der Waals surface area contributed by atoms with Gasteiger partial charge in [0.05, 0.1) is 11.3 Å². The average molecular weight is 541 g/mol. The van der Waals surface area contributed by atoms with E-state index in [-0.39, 0.29) is 36.7 Å². The fourth-order valence-corrected chi connectivity index (χ4v) is 6.03. The van der Waals surface area contributed by atoms with Crippen molar-refractivity contribution in [2.45, 2.75) is 11.3 Å². The molecule has 0 radical (unpaired) electrons. The molecule has 194 valence electrons. The van der Waals surface area contributed by atoms with Crippen molar-refractivity contribution in [1.82, 2.24) is 4.31 Å². The Morgan fingerprint density at radius 2 is 1.54 bits per heavy atom. The van der Waals surface area contributed by atoms with Crippen molar-refractivity contribution in [2.75, 3.05) is 46.9 Å². The van der Waals surface area contributed by atoms with E-state index >= 15 is 0 Å². The van der Waals surface area contributed by atoms with Crippen LogP contribution in [0.3, 0.4) is 0 Å². The van der Waals surface area contributed by atoms with Gasteiger partial charge in [0.25, 0.3) is 0 Å². The number of nitrogens with one attached hydrogen (secondary N) is 2. The molecular weight excluding hydrogens is 512 g/mol. The summed E-state index contributed by atoms with van der Waals surface area (Å²) in [4.78, 5) is 26.8. The van der Waals surface area contributed by atoms with Crippen molar-refractivity contribution >= 4 is 50.9 Å². The maximum absolute atomic E-state index is 13.0. The number of rotatable bonds is 10. The van der Waals surface area contributed by atoms with Gasteiger partial charge in [0.2, 0.25) is 5.91 Å². The molecule has 37 heavy (non-hydrogen) atoms. The lowest BCUT2D eigenvalue weighted by molar-refractivity contribution is -0.115. The first-order valence-electron chi connectivity index (χ1n) is 11.7. The predicted molar refractivity (Wildman–Crippen MR) is 147 cm³/mol. The van der Waals surface area contributed by atoms with Crippen molar-refractivity contribution in [3.05, 3.63) is 84.4 Å². The summed E-state index contributed by atoms with van der Waals surface area (Å²) in [6.45, 7) is 1.63. The average Bonchev–Trinajstić information content (AvgIpc) is 2.90. The number of hydrogen-bond donors (Lipinski definition) is 3. The third kappa shape index (κ3) is 7.25. The smallest absolute Gasteiger partial charge is 0.337 e. The summed E-state index contributed by atoms with van der Waals surface area (Å²) in [5, 5.41) is 12.5. The van der Waals surface area contributed by atoms with Crippen LogP contribution in [0.2, 0.25) is 0 Å². The topological polar surface area (TPSA) is 119 Å². The molecule has 0 saturated carbocycles. The number of carbonyl (C=O) groups excluding carboxylic acids is 1. The summed E-state index contributed by atoms with van der Waals surface area (Å²) in [6, 6.07) is 23.4. The molecule has 0 unspecified atom stereocenters. The molecule has 0 spiro atoms. The van der Waals surface area contributed by atoms with Gasteiger partial charge < -0.3 is 15.3 Å². The lowest BCUT2D eigenvalue weighted by atomic mass is 10.2. The molecule has 1 aliphatic heterocycles. The van der Waals surface area contributed by atoms with Gasteiger partial charge in [-0.15, -0.1) is 11.8 Å². The minimum atomic E-state index is -3.94. The Labute approximate surface area is 220 Å². The minimum Gasteiger partial charge on any atom is -0.478 e. The minimum absolute atomic E-state index is 0.00385. The van der Waals surface area contributed by atoms with Gasteiger partial charge in [0.15, 0.2) is 0 Å². The number of nitrogens with zero attached hydrogens (tertiary/aromatic N) is 2. The summed E-state index contributed by atoms with van der Waals surface area (Å²) in [5.41, 5.74) is 1.60. The number of aromatic carboxylic acids is 1. The molecule has 1 saturated heterocycles. The molecular formula is C26H28N4O5S2. The maximum atomic E-state index is 13.0. The highest BCUT2D eigenvalue weighted by atomic mass is 32.2. The molecule has 4 rings (SSSR count). The Kier molecular flexibility index (Phi) is 8.70. The molecule has 3 N–H and O–H groups in total. The van der Waals surface area contributed by atoms with E-state index in [9.17, 15) is 23.1 Å². The van der Waals surface area contributed by atoms with Crippen LogP contribution in [-0.2, 0) is 15.0 Å². The molecule has 1 aliphatic rings. The summed E-state index contributed by atoms with van der Waals surface area (Å²) in [5.74, 6) is -0.945. The Morgan fingerprint density at radius 3 is 2.19 bits per heavy atom. The van der Waals surface area contributed by atoms with E-state index in [2.05, 4.69) is 14.9 Å². The number of carbonyl (C=O) groups is 2. The SMILES string of the molecule is O=C(CCSc1ccc(NS(=O)(=O)N2CCN(c3ccccc3)CC2)c(C(=O)O)c1)Nc1ccccc1. The highest BCUT2D eigenvalue weighted by molar-refractivity contribution is 7.99. The molecule has 3 aromatic carbocycles. The first kappa shape index (κ1) is 26.5. The molecule has 11 heteroatoms. The second-order valence-corrected chi connectivity index (χ2v) is 11.2. The van der Waals surface area contributed by atoms with E-state index in [0.29, 0.717) is 29.4 Å². The zero-order valence-electron chi connectivity index (χ0n) is 20.0. The van der Waals surface area contributed by atoms with Crippen LogP contribution < -0.4 is 14.9 Å². The summed E-state index contributed by atoms with van der Waals surface area (Å²) in [6.07, 6.45) is 0.241. The van der Waals surface area contributed by atoms with Crippen LogP contribution in [-0.4, -0.2) is 61.6 Å². The molecule has 1 amide bonds. The van der Waals surface area contributed by atoms with Gasteiger partial charge in [-0.05, 0) is 42.5 Å². The van der Waals surface area contributed by atoms with Gasteiger partial charge >= 0.3 is 16.2 Å². The number of anilines is 3. The van der Waals surface area contributed by atoms with Crippen molar-refractivity contribution in [3.8, 4) is 0 Å². The highest BCUT2D eigenvalue weighted by Crippen LogP contribution is 2.27. The van der Waals surface area contributed by atoms with Crippen LogP contribution >= 0.6 is 11.8 Å². The Morgan fingerprint density at radius 1 is 0.892 bits per heavy atom. The van der Waals surface area contributed by atoms with E-state index in [1.807, 2.05) is 48.5 Å². The van der Waals surface area contributed by atoms with Crippen molar-refractivity contribution in [2.24, 2.45) is 0 Å². The number of benzene rings is 3. The lowest BCUT2D eigenvalue weighted by Gasteiger charge is -2.35. The molecule has 3 aromatic rings.